The molecule has 10 rings (SSSR count). The molecule has 10 aliphatic heterocycles. The van der Waals surface area contributed by atoms with Crippen LogP contribution in [0.2, 0.25) is 38.2 Å². The zero-order valence-corrected chi connectivity index (χ0v) is 16.8. The van der Waals surface area contributed by atoms with E-state index >= 15 is 0 Å². The molecule has 0 nitrogen and oxygen atoms in total. The van der Waals surface area contributed by atoms with Crippen molar-refractivity contribution in [3.8, 4) is 0 Å². The van der Waals surface area contributed by atoms with Gasteiger partial charge in [-0.15, -0.1) is 0 Å². The summed E-state index contributed by atoms with van der Waals surface area (Å²) in [6, 6.07) is 0. The fourth-order valence-electron chi connectivity index (χ4n) is 22.5. The average Bonchev–Trinajstić information content (AvgIpc) is 3.44. The number of fused-ring (bicyclic) bond motifs is 10. The second-order valence-corrected chi connectivity index (χ2v) is 47.1. The zero-order valence-electron chi connectivity index (χ0n) is 13.7. The van der Waals surface area contributed by atoms with Crippen LogP contribution >= 0.6 is 15.8 Å². The van der Waals surface area contributed by atoms with Crippen molar-refractivity contribution in [2.75, 3.05) is 24.6 Å². The van der Waals surface area contributed by atoms with Gasteiger partial charge in [-0.25, -0.2) is 0 Å². The molecule has 0 aromatic rings. The minimum absolute atomic E-state index is 0.456. The molecule has 0 amide bonds. The van der Waals surface area contributed by atoms with E-state index in [2.05, 4.69) is 27.7 Å². The molecule has 10 fully saturated rings. The number of rotatable bonds is 6. The fourth-order valence-corrected chi connectivity index (χ4v) is 153. The molecule has 116 valence electrons. The van der Waals surface area contributed by atoms with E-state index in [1.807, 2.05) is 0 Å². The van der Waals surface area contributed by atoms with Crippen LogP contribution in [0.5, 0.6) is 0 Å². The molecule has 0 aromatic heterocycles. The minimum atomic E-state index is -3.19. The van der Waals surface area contributed by atoms with Crippen molar-refractivity contribution < 1.29 is 6.65 Å². The molecular weight excluding hydrogens is 330 g/mol. The van der Waals surface area contributed by atoms with Gasteiger partial charge in [-0.1, -0.05) is 0 Å². The Kier molecular flexibility index (Phi) is 0.516. The van der Waals surface area contributed by atoms with Crippen molar-refractivity contribution in [1.82, 2.24) is 0 Å². The van der Waals surface area contributed by atoms with Crippen LogP contribution in [0.1, 0.15) is 27.7 Å². The summed E-state index contributed by atoms with van der Waals surface area (Å²) in [5.41, 5.74) is 0. The van der Waals surface area contributed by atoms with Gasteiger partial charge in [0, 0.05) is 0 Å². The third-order valence-corrected chi connectivity index (χ3v) is 85.2. The van der Waals surface area contributed by atoms with Crippen molar-refractivity contribution >= 4 is 15.8 Å². The molecule has 10 saturated heterocycles. The van der Waals surface area contributed by atoms with Crippen molar-refractivity contribution in [2.45, 2.75) is 74.0 Å². The molecule has 10 heterocycles. The van der Waals surface area contributed by atoms with Gasteiger partial charge >= 0.3 is 121 Å². The summed E-state index contributed by atoms with van der Waals surface area (Å²) in [7, 11) is 0.911. The van der Waals surface area contributed by atoms with E-state index in [4.69, 9.17) is 0 Å². The van der Waals surface area contributed by atoms with Crippen LogP contribution in [-0.4, -0.2) is 32.7 Å². The van der Waals surface area contributed by atoms with Gasteiger partial charge in [-0.3, -0.25) is 0 Å². The molecule has 21 heavy (non-hydrogen) atoms. The van der Waals surface area contributed by atoms with Gasteiger partial charge in [0.1, 0.15) is 0 Å². The second kappa shape index (κ2) is 1.04. The van der Waals surface area contributed by atoms with Crippen LogP contribution in [0.15, 0.2) is 0 Å². The predicted octanol–water partition coefficient (Wildman–Crippen LogP) is 6.23. The van der Waals surface area contributed by atoms with Crippen molar-refractivity contribution in [3.05, 3.63) is 0 Å². The third kappa shape index (κ3) is 0.130. The first kappa shape index (κ1) is 10.4. The Morgan fingerprint density at radius 1 is 0.619 bits per heavy atom. The number of hydrogen-bond acceptors (Lipinski definition) is 0. The second-order valence-electron chi connectivity index (χ2n) is 13.2. The summed E-state index contributed by atoms with van der Waals surface area (Å²) in [6.45, 7) is 7.24. The van der Waals surface area contributed by atoms with Crippen LogP contribution in [0.25, 0.3) is 0 Å². The van der Waals surface area contributed by atoms with Gasteiger partial charge in [0.05, 0.1) is 0 Å². The van der Waals surface area contributed by atoms with E-state index in [0.717, 1.165) is 0 Å². The van der Waals surface area contributed by atoms with Gasteiger partial charge in [0.2, 0.25) is 0 Å². The number of hydrogen-bond donors (Lipinski definition) is 0. The fraction of sp³-hybridized carbons (Fsp3) is 1.00. The first-order chi connectivity index (χ1) is 9.98. The van der Waals surface area contributed by atoms with E-state index in [0.29, 0.717) is 15.8 Å². The van der Waals surface area contributed by atoms with E-state index in [9.17, 15) is 0 Å². The van der Waals surface area contributed by atoms with E-state index < -0.39 is 6.65 Å². The zero-order chi connectivity index (χ0) is 13.9. The molecule has 4 unspecified atom stereocenters. The summed E-state index contributed by atoms with van der Waals surface area (Å²) < 4.78 is 14.9. The first-order valence-corrected chi connectivity index (χ1v) is 20.6. The van der Waals surface area contributed by atoms with Crippen molar-refractivity contribution in [1.29, 1.82) is 0 Å². The SMILES string of the molecule is CCP(CC)[C]12[CH]3[CH]4[CH]5[C]1(P(CC)CC)[Cr]43521678[CH]2[CH]1[CH]6[CH]7[CH]28. The van der Waals surface area contributed by atoms with E-state index in [1.54, 1.807) is 62.9 Å². The van der Waals surface area contributed by atoms with Crippen LogP contribution in [0, 0.1) is 0 Å². The summed E-state index contributed by atoms with van der Waals surface area (Å²) in [5, 5.41) is 0. The van der Waals surface area contributed by atoms with Gasteiger partial charge in [0.25, 0.3) is 0 Å². The molecule has 0 saturated carbocycles. The summed E-state index contributed by atoms with van der Waals surface area (Å²) in [5.74, 6) is 0. The quantitative estimate of drug-likeness (QED) is 0.494. The normalized spacial score (nSPS) is 103. The molecule has 0 radical (unpaired) electrons. The van der Waals surface area contributed by atoms with Gasteiger partial charge in [-0.05, 0) is 0 Å². The standard InChI is InChI=1S/C13H23P2.C5H5.Cr/c1-5-14(6-2)12-10-9-11-13(12)15(7-3)8-4;1-2-4-5-3-1;/h9-11H,5-8H2,1-4H3;1-5H;. The molecule has 0 aliphatic carbocycles. The molecule has 3 heteroatoms. The Balaban J connectivity index is 1.49. The maximum atomic E-state index is 2.61. The molecule has 4 atom stereocenters. The van der Waals surface area contributed by atoms with Crippen molar-refractivity contribution in [3.63, 3.8) is 0 Å². The molecular formula is C18H28CrP2. The van der Waals surface area contributed by atoms with Gasteiger partial charge in [0.15, 0.2) is 0 Å². The maximum absolute atomic E-state index is 3.19. The Hall–Kier alpha value is 1.39. The first-order valence-electron chi connectivity index (χ1n) is 10.00. The van der Waals surface area contributed by atoms with E-state index in [-0.39, 0.29) is 0 Å². The van der Waals surface area contributed by atoms with Crippen LogP contribution < -0.4 is 0 Å². The average molecular weight is 358 g/mol. The molecule has 1 spiro atoms. The molecule has 0 bridgehead atoms. The van der Waals surface area contributed by atoms with Crippen molar-refractivity contribution in [2.24, 2.45) is 0 Å². The molecule has 0 aromatic carbocycles. The Morgan fingerprint density at radius 3 is 1.14 bits per heavy atom. The van der Waals surface area contributed by atoms with Gasteiger partial charge < -0.3 is 0 Å². The van der Waals surface area contributed by atoms with Crippen LogP contribution in [0.3, 0.4) is 0 Å². The third-order valence-electron chi connectivity index (χ3n) is 19.3. The Morgan fingerprint density at radius 2 is 0.952 bits per heavy atom. The molecule has 0 N–H and O–H groups in total. The summed E-state index contributed by atoms with van der Waals surface area (Å²) in [6.07, 6.45) is 6.50. The Bertz CT molecular complexity index is 964. The van der Waals surface area contributed by atoms with Crippen LogP contribution in [-0.2, 0) is 6.65 Å². The summed E-state index contributed by atoms with van der Waals surface area (Å²) >= 11 is 0. The predicted molar refractivity (Wildman–Crippen MR) is 91.5 cm³/mol. The molecule has 10 aliphatic rings. The Labute approximate surface area is 121 Å². The summed E-state index contributed by atoms with van der Waals surface area (Å²) in [4.78, 5) is 0. The topological polar surface area (TPSA) is 0 Å². The monoisotopic (exact) mass is 358 g/mol. The van der Waals surface area contributed by atoms with E-state index in [1.165, 1.54) is 8.04 Å². The van der Waals surface area contributed by atoms with Crippen LogP contribution in [0.4, 0.5) is 0 Å². The van der Waals surface area contributed by atoms with Gasteiger partial charge in [-0.2, -0.15) is 0 Å².